The Bertz CT molecular complexity index is 868. The number of rotatable bonds is 7. The Balaban J connectivity index is 1.54. The normalized spacial score (nSPS) is 19.4. The van der Waals surface area contributed by atoms with Gasteiger partial charge in [0.1, 0.15) is 11.5 Å². The lowest BCUT2D eigenvalue weighted by Crippen LogP contribution is -2.29. The average Bonchev–Trinajstić information content (AvgIpc) is 3.47. The molecule has 3 rings (SSSR count). The van der Waals surface area contributed by atoms with Crippen molar-refractivity contribution in [1.29, 1.82) is 0 Å². The van der Waals surface area contributed by atoms with E-state index in [1.165, 1.54) is 12.3 Å². The molecule has 156 valence electrons. The lowest BCUT2D eigenvalue weighted by molar-refractivity contribution is -0.153. The fourth-order valence-corrected chi connectivity index (χ4v) is 3.28. The van der Waals surface area contributed by atoms with E-state index < -0.39 is 12.8 Å². The van der Waals surface area contributed by atoms with Crippen molar-refractivity contribution in [3.05, 3.63) is 53.3 Å². The molecule has 8 heteroatoms. The molecule has 1 fully saturated rings. The Hall–Kier alpha value is -2.77. The number of nitrogens with one attached hydrogen (secondary N) is 1. The van der Waals surface area contributed by atoms with Gasteiger partial charge in [0.25, 0.3) is 0 Å². The molecular weight excluding hydrogens is 385 g/mol. The van der Waals surface area contributed by atoms with E-state index in [0.29, 0.717) is 5.69 Å². The predicted molar refractivity (Wildman–Crippen MR) is 101 cm³/mol. The molecule has 1 amide bonds. The van der Waals surface area contributed by atoms with Gasteiger partial charge >= 0.3 is 6.18 Å². The van der Waals surface area contributed by atoms with Crippen LogP contribution in [0.1, 0.15) is 42.1 Å². The van der Waals surface area contributed by atoms with E-state index in [2.05, 4.69) is 15.0 Å². The number of ether oxygens (including phenoxy) is 2. The fourth-order valence-electron chi connectivity index (χ4n) is 3.28. The molecular formula is C21H23F3N2O3. The third-order valence-electron chi connectivity index (χ3n) is 4.94. The highest BCUT2D eigenvalue weighted by Gasteiger charge is 2.44. The Labute approximate surface area is 167 Å². The number of benzene rings is 1. The van der Waals surface area contributed by atoms with E-state index in [1.807, 2.05) is 25.1 Å². The number of amides is 1. The molecule has 2 aromatic rings. The number of methoxy groups -OCH3 is 1. The van der Waals surface area contributed by atoms with Gasteiger partial charge in [-0.1, -0.05) is 12.1 Å². The van der Waals surface area contributed by atoms with Crippen LogP contribution in [-0.2, 0) is 4.79 Å². The molecule has 3 atom stereocenters. The maximum absolute atomic E-state index is 12.5. The number of carbonyl (C=O) groups excluding carboxylic acids is 1. The first-order chi connectivity index (χ1) is 13.7. The standard InChI is InChI=1S/C21H23F3N2O3/c1-12-8-14(4-7-19(12)28-3)16-9-17(16)20(27)26-13(2)18-6-5-15(10-25-18)29-11-21(22,23)24/h4-8,10,13,16-17H,9,11H2,1-3H3,(H,26,27)/t13-,16+,17-/m1/s1. The first-order valence-corrected chi connectivity index (χ1v) is 9.28. The van der Waals surface area contributed by atoms with Crippen LogP contribution in [-0.4, -0.2) is 30.8 Å². The second kappa shape index (κ2) is 8.31. The molecule has 0 bridgehead atoms. The fraction of sp³-hybridized carbons (Fsp3) is 0.429. The zero-order chi connectivity index (χ0) is 21.2. The minimum absolute atomic E-state index is 0.0294. The summed E-state index contributed by atoms with van der Waals surface area (Å²) in [7, 11) is 1.62. The van der Waals surface area contributed by atoms with E-state index in [4.69, 9.17) is 4.74 Å². The summed E-state index contributed by atoms with van der Waals surface area (Å²) in [6.07, 6.45) is -2.39. The monoisotopic (exact) mass is 408 g/mol. The molecule has 0 unspecified atom stereocenters. The van der Waals surface area contributed by atoms with Crippen molar-refractivity contribution >= 4 is 5.91 Å². The van der Waals surface area contributed by atoms with Crippen molar-refractivity contribution in [2.45, 2.75) is 38.4 Å². The Morgan fingerprint density at radius 2 is 2.07 bits per heavy atom. The molecule has 5 nitrogen and oxygen atoms in total. The molecule has 1 aliphatic rings. The van der Waals surface area contributed by atoms with Gasteiger partial charge < -0.3 is 14.8 Å². The molecule has 1 aromatic carbocycles. The molecule has 0 saturated heterocycles. The minimum atomic E-state index is -4.40. The quantitative estimate of drug-likeness (QED) is 0.741. The molecule has 1 saturated carbocycles. The summed E-state index contributed by atoms with van der Waals surface area (Å²) in [5.74, 6) is 0.868. The zero-order valence-electron chi connectivity index (χ0n) is 16.4. The first-order valence-electron chi connectivity index (χ1n) is 9.28. The number of aromatic nitrogens is 1. The Kier molecular flexibility index (Phi) is 6.00. The van der Waals surface area contributed by atoms with Crippen LogP contribution < -0.4 is 14.8 Å². The molecule has 1 N–H and O–H groups in total. The van der Waals surface area contributed by atoms with Crippen molar-refractivity contribution in [2.75, 3.05) is 13.7 Å². The SMILES string of the molecule is COc1ccc([C@@H]2C[C@H]2C(=O)N[C@H](C)c2ccc(OCC(F)(F)F)cn2)cc1C. The number of aryl methyl sites for hydroxylation is 1. The van der Waals surface area contributed by atoms with Crippen molar-refractivity contribution < 1.29 is 27.4 Å². The van der Waals surface area contributed by atoms with Crippen LogP contribution in [0.2, 0.25) is 0 Å². The maximum Gasteiger partial charge on any atom is 0.422 e. The van der Waals surface area contributed by atoms with Crippen LogP contribution in [0.15, 0.2) is 36.5 Å². The smallest absolute Gasteiger partial charge is 0.422 e. The molecule has 1 heterocycles. The number of hydrogen-bond donors (Lipinski definition) is 1. The van der Waals surface area contributed by atoms with Crippen LogP contribution in [0, 0.1) is 12.8 Å². The Morgan fingerprint density at radius 3 is 2.66 bits per heavy atom. The van der Waals surface area contributed by atoms with Gasteiger partial charge in [0.2, 0.25) is 5.91 Å². The van der Waals surface area contributed by atoms with Crippen LogP contribution in [0.25, 0.3) is 0 Å². The highest BCUT2D eigenvalue weighted by Crippen LogP contribution is 2.48. The number of pyridine rings is 1. The lowest BCUT2D eigenvalue weighted by atomic mass is 10.1. The van der Waals surface area contributed by atoms with E-state index in [-0.39, 0.29) is 29.5 Å². The number of hydrogen-bond acceptors (Lipinski definition) is 4. The maximum atomic E-state index is 12.5. The van der Waals surface area contributed by atoms with Gasteiger partial charge in [0.05, 0.1) is 25.0 Å². The summed E-state index contributed by atoms with van der Waals surface area (Å²) in [6, 6.07) is 8.53. The highest BCUT2D eigenvalue weighted by atomic mass is 19.4. The molecule has 1 aliphatic carbocycles. The summed E-state index contributed by atoms with van der Waals surface area (Å²) in [5.41, 5.74) is 2.69. The highest BCUT2D eigenvalue weighted by molar-refractivity contribution is 5.83. The van der Waals surface area contributed by atoms with Gasteiger partial charge in [-0.25, -0.2) is 0 Å². The van der Waals surface area contributed by atoms with Crippen LogP contribution in [0.5, 0.6) is 11.5 Å². The molecule has 29 heavy (non-hydrogen) atoms. The van der Waals surface area contributed by atoms with E-state index in [0.717, 1.165) is 23.3 Å². The largest absolute Gasteiger partial charge is 0.496 e. The number of halogens is 3. The van der Waals surface area contributed by atoms with Crippen LogP contribution in [0.3, 0.4) is 0 Å². The van der Waals surface area contributed by atoms with Gasteiger partial charge in [-0.3, -0.25) is 9.78 Å². The summed E-state index contributed by atoms with van der Waals surface area (Å²) in [5, 5.41) is 2.92. The first kappa shape index (κ1) is 21.0. The van der Waals surface area contributed by atoms with Gasteiger partial charge in [-0.05, 0) is 55.5 Å². The van der Waals surface area contributed by atoms with Crippen molar-refractivity contribution in [2.24, 2.45) is 5.92 Å². The summed E-state index contributed by atoms with van der Waals surface area (Å²) >= 11 is 0. The second-order valence-electron chi connectivity index (χ2n) is 7.23. The third kappa shape index (κ3) is 5.40. The van der Waals surface area contributed by atoms with Gasteiger partial charge in [-0.15, -0.1) is 0 Å². The van der Waals surface area contributed by atoms with Crippen LogP contribution >= 0.6 is 0 Å². The number of nitrogens with zero attached hydrogens (tertiary/aromatic N) is 1. The van der Waals surface area contributed by atoms with Gasteiger partial charge in [-0.2, -0.15) is 13.2 Å². The average molecular weight is 408 g/mol. The molecule has 0 aliphatic heterocycles. The van der Waals surface area contributed by atoms with Crippen LogP contribution in [0.4, 0.5) is 13.2 Å². The van der Waals surface area contributed by atoms with Gasteiger partial charge in [0, 0.05) is 5.92 Å². The predicted octanol–water partition coefficient (Wildman–Crippen LogP) is 4.32. The lowest BCUT2D eigenvalue weighted by Gasteiger charge is -2.15. The van der Waals surface area contributed by atoms with E-state index in [1.54, 1.807) is 20.1 Å². The number of carbonyl (C=O) groups is 1. The van der Waals surface area contributed by atoms with E-state index in [9.17, 15) is 18.0 Å². The van der Waals surface area contributed by atoms with Crippen molar-refractivity contribution in [3.63, 3.8) is 0 Å². The summed E-state index contributed by atoms with van der Waals surface area (Å²) < 4.78 is 46.5. The summed E-state index contributed by atoms with van der Waals surface area (Å²) in [6.45, 7) is 2.38. The molecule has 0 spiro atoms. The summed E-state index contributed by atoms with van der Waals surface area (Å²) in [4.78, 5) is 16.6. The molecule has 1 aromatic heterocycles. The van der Waals surface area contributed by atoms with E-state index >= 15 is 0 Å². The number of alkyl halides is 3. The topological polar surface area (TPSA) is 60.5 Å². The Morgan fingerprint density at radius 1 is 1.31 bits per heavy atom. The second-order valence-corrected chi connectivity index (χ2v) is 7.23. The molecule has 0 radical (unpaired) electrons. The zero-order valence-corrected chi connectivity index (χ0v) is 16.4. The third-order valence-corrected chi connectivity index (χ3v) is 4.94. The van der Waals surface area contributed by atoms with Crippen molar-refractivity contribution in [3.8, 4) is 11.5 Å². The van der Waals surface area contributed by atoms with Crippen molar-refractivity contribution in [1.82, 2.24) is 10.3 Å². The van der Waals surface area contributed by atoms with Gasteiger partial charge in [0.15, 0.2) is 6.61 Å². The minimum Gasteiger partial charge on any atom is -0.496 e.